The third-order valence-electron chi connectivity index (χ3n) is 2.56. The van der Waals surface area contributed by atoms with Crippen molar-refractivity contribution in [2.24, 2.45) is 0 Å². The molecule has 19 heavy (non-hydrogen) atoms. The second-order valence-electron chi connectivity index (χ2n) is 3.88. The summed E-state index contributed by atoms with van der Waals surface area (Å²) < 4.78 is 39.2. The Morgan fingerprint density at radius 3 is 2.32 bits per heavy atom. The number of carbonyl (C=O) groups is 1. The molecular weight excluding hydrogens is 321 g/mol. The van der Waals surface area contributed by atoms with Gasteiger partial charge in [-0.1, -0.05) is 46.3 Å². The van der Waals surface area contributed by atoms with Crippen LogP contribution in [0.5, 0.6) is 0 Å². The van der Waals surface area contributed by atoms with Gasteiger partial charge in [0.1, 0.15) is 0 Å². The lowest BCUT2D eigenvalue weighted by Crippen LogP contribution is -2.13. The molecule has 0 aromatic heterocycles. The predicted molar refractivity (Wildman–Crippen MR) is 69.0 cm³/mol. The minimum absolute atomic E-state index is 0.214. The summed E-state index contributed by atoms with van der Waals surface area (Å²) >= 11 is 3.19. The quantitative estimate of drug-likeness (QED) is 0.730. The topological polar surface area (TPSA) is 17.1 Å². The van der Waals surface area contributed by atoms with Crippen LogP contribution < -0.4 is 0 Å². The molecule has 0 saturated carbocycles. The molecule has 0 aliphatic carbocycles. The fraction of sp³-hybridized carbons (Fsp3) is 0.0714. The van der Waals surface area contributed by atoms with E-state index < -0.39 is 17.5 Å². The van der Waals surface area contributed by atoms with Gasteiger partial charge in [-0.25, -0.2) is 0 Å². The Kier molecular flexibility index (Phi) is 3.75. The smallest absolute Gasteiger partial charge is 0.289 e. The number of halogens is 4. The second-order valence-corrected chi connectivity index (χ2v) is 4.80. The molecular formula is C14H8BrF3O. The molecule has 0 aliphatic heterocycles. The van der Waals surface area contributed by atoms with Crippen molar-refractivity contribution < 1.29 is 18.0 Å². The Morgan fingerprint density at radius 2 is 1.68 bits per heavy atom. The standard InChI is InChI=1S/C14H8BrF3O/c15-10-5-3-4-9(8-10)13(19)11-6-1-2-7-12(11)14(16,17)18/h1-8H. The van der Waals surface area contributed by atoms with Crippen LogP contribution in [0.3, 0.4) is 0 Å². The minimum Gasteiger partial charge on any atom is -0.289 e. The van der Waals surface area contributed by atoms with Crippen LogP contribution >= 0.6 is 15.9 Å². The fourth-order valence-electron chi connectivity index (χ4n) is 1.71. The van der Waals surface area contributed by atoms with Crippen LogP contribution in [-0.2, 0) is 6.18 Å². The van der Waals surface area contributed by atoms with Gasteiger partial charge >= 0.3 is 6.18 Å². The lowest BCUT2D eigenvalue weighted by atomic mass is 9.98. The number of alkyl halides is 3. The van der Waals surface area contributed by atoms with Crippen molar-refractivity contribution in [2.45, 2.75) is 6.18 Å². The molecule has 0 atom stereocenters. The van der Waals surface area contributed by atoms with Crippen molar-refractivity contribution in [1.82, 2.24) is 0 Å². The predicted octanol–water partition coefficient (Wildman–Crippen LogP) is 4.70. The number of rotatable bonds is 2. The molecule has 0 radical (unpaired) electrons. The van der Waals surface area contributed by atoms with Gasteiger partial charge in [0.05, 0.1) is 5.56 Å². The van der Waals surface area contributed by atoms with Gasteiger partial charge in [0.15, 0.2) is 5.78 Å². The molecule has 1 nitrogen and oxygen atoms in total. The maximum atomic E-state index is 12.8. The molecule has 2 aromatic rings. The number of hydrogen-bond donors (Lipinski definition) is 0. The maximum absolute atomic E-state index is 12.8. The highest BCUT2D eigenvalue weighted by Gasteiger charge is 2.34. The van der Waals surface area contributed by atoms with Crippen molar-refractivity contribution in [3.8, 4) is 0 Å². The molecule has 98 valence electrons. The van der Waals surface area contributed by atoms with E-state index in [1.165, 1.54) is 30.3 Å². The van der Waals surface area contributed by atoms with Crippen LogP contribution in [0.4, 0.5) is 13.2 Å². The minimum atomic E-state index is -4.54. The summed E-state index contributed by atoms with van der Waals surface area (Å²) in [5, 5.41) is 0. The molecule has 0 bridgehead atoms. The highest BCUT2D eigenvalue weighted by molar-refractivity contribution is 9.10. The SMILES string of the molecule is O=C(c1cccc(Br)c1)c1ccccc1C(F)(F)F. The van der Waals surface area contributed by atoms with Crippen molar-refractivity contribution >= 4 is 21.7 Å². The van der Waals surface area contributed by atoms with E-state index in [4.69, 9.17) is 0 Å². The lowest BCUT2D eigenvalue weighted by molar-refractivity contribution is -0.137. The van der Waals surface area contributed by atoms with E-state index in [2.05, 4.69) is 15.9 Å². The summed E-state index contributed by atoms with van der Waals surface area (Å²) in [7, 11) is 0. The van der Waals surface area contributed by atoms with E-state index in [0.717, 1.165) is 6.07 Å². The van der Waals surface area contributed by atoms with Crippen LogP contribution in [0.25, 0.3) is 0 Å². The monoisotopic (exact) mass is 328 g/mol. The molecule has 2 rings (SSSR count). The largest absolute Gasteiger partial charge is 0.417 e. The Balaban J connectivity index is 2.51. The average Bonchev–Trinajstić information content (AvgIpc) is 2.37. The first-order chi connectivity index (χ1) is 8.89. The second kappa shape index (κ2) is 5.17. The average molecular weight is 329 g/mol. The molecule has 0 fully saturated rings. The molecule has 0 amide bonds. The van der Waals surface area contributed by atoms with E-state index in [1.807, 2.05) is 0 Å². The van der Waals surface area contributed by atoms with E-state index in [1.54, 1.807) is 12.1 Å². The van der Waals surface area contributed by atoms with Gasteiger partial charge in [-0.05, 0) is 18.2 Å². The number of hydrogen-bond acceptors (Lipinski definition) is 1. The van der Waals surface area contributed by atoms with E-state index in [-0.39, 0.29) is 11.1 Å². The lowest BCUT2D eigenvalue weighted by Gasteiger charge is -2.11. The summed E-state index contributed by atoms with van der Waals surface area (Å²) in [6.07, 6.45) is -4.54. The van der Waals surface area contributed by atoms with Crippen LogP contribution in [0.15, 0.2) is 53.0 Å². The van der Waals surface area contributed by atoms with Gasteiger partial charge in [0.2, 0.25) is 0 Å². The van der Waals surface area contributed by atoms with Crippen LogP contribution in [0.2, 0.25) is 0 Å². The molecule has 0 N–H and O–H groups in total. The van der Waals surface area contributed by atoms with Crippen LogP contribution in [-0.4, -0.2) is 5.78 Å². The van der Waals surface area contributed by atoms with Crippen molar-refractivity contribution in [3.63, 3.8) is 0 Å². The zero-order valence-electron chi connectivity index (χ0n) is 9.54. The first-order valence-electron chi connectivity index (χ1n) is 5.36. The van der Waals surface area contributed by atoms with Gasteiger partial charge in [-0.15, -0.1) is 0 Å². The summed E-state index contributed by atoms with van der Waals surface area (Å²) in [5.41, 5.74) is -1.04. The molecule has 2 aromatic carbocycles. The van der Waals surface area contributed by atoms with E-state index >= 15 is 0 Å². The Hall–Kier alpha value is -1.62. The summed E-state index contributed by atoms with van der Waals surface area (Å²) in [5.74, 6) is -0.644. The number of ketones is 1. The van der Waals surface area contributed by atoms with Crippen molar-refractivity contribution in [3.05, 3.63) is 69.7 Å². The highest BCUT2D eigenvalue weighted by atomic mass is 79.9. The molecule has 0 aliphatic rings. The third-order valence-corrected chi connectivity index (χ3v) is 3.06. The van der Waals surface area contributed by atoms with Crippen molar-refractivity contribution in [2.75, 3.05) is 0 Å². The van der Waals surface area contributed by atoms with Crippen molar-refractivity contribution in [1.29, 1.82) is 0 Å². The molecule has 0 heterocycles. The Morgan fingerprint density at radius 1 is 1.00 bits per heavy atom. The first kappa shape index (κ1) is 13.8. The summed E-state index contributed by atoms with van der Waals surface area (Å²) in [4.78, 5) is 12.1. The van der Waals surface area contributed by atoms with Gasteiger partial charge in [0.25, 0.3) is 0 Å². The van der Waals surface area contributed by atoms with Gasteiger partial charge < -0.3 is 0 Å². The molecule has 0 unspecified atom stereocenters. The van der Waals surface area contributed by atoms with Crippen LogP contribution in [0.1, 0.15) is 21.5 Å². The number of carbonyl (C=O) groups excluding carboxylic acids is 1. The van der Waals surface area contributed by atoms with Crippen LogP contribution in [0, 0.1) is 0 Å². The van der Waals surface area contributed by atoms with Gasteiger partial charge in [0, 0.05) is 15.6 Å². The first-order valence-corrected chi connectivity index (χ1v) is 6.15. The highest BCUT2D eigenvalue weighted by Crippen LogP contribution is 2.33. The summed E-state index contributed by atoms with van der Waals surface area (Å²) in [6, 6.07) is 11.1. The Labute approximate surface area is 116 Å². The molecule has 0 spiro atoms. The number of benzene rings is 2. The summed E-state index contributed by atoms with van der Waals surface area (Å²) in [6.45, 7) is 0. The Bertz CT molecular complexity index is 620. The fourth-order valence-corrected chi connectivity index (χ4v) is 2.11. The van der Waals surface area contributed by atoms with Gasteiger partial charge in [-0.2, -0.15) is 13.2 Å². The molecule has 0 saturated heterocycles. The normalized spacial score (nSPS) is 11.4. The van der Waals surface area contributed by atoms with E-state index in [9.17, 15) is 18.0 Å². The zero-order valence-corrected chi connectivity index (χ0v) is 11.1. The zero-order chi connectivity index (χ0) is 14.0. The maximum Gasteiger partial charge on any atom is 0.417 e. The van der Waals surface area contributed by atoms with E-state index in [0.29, 0.717) is 4.47 Å². The van der Waals surface area contributed by atoms with Gasteiger partial charge in [-0.3, -0.25) is 4.79 Å². The third kappa shape index (κ3) is 3.04. The molecule has 5 heteroatoms.